The molecule has 0 N–H and O–H groups in total. The number of rotatable bonds is 2. The maximum atomic E-state index is 12.4. The third-order valence-electron chi connectivity index (χ3n) is 4.28. The Kier molecular flexibility index (Phi) is 3.01. The lowest BCUT2D eigenvalue weighted by Crippen LogP contribution is -2.11. The van der Waals surface area contributed by atoms with E-state index in [0.717, 1.165) is 33.3 Å². The fourth-order valence-corrected chi connectivity index (χ4v) is 3.16. The Morgan fingerprint density at radius 2 is 2.04 bits per heavy atom. The third kappa shape index (κ3) is 2.05. The van der Waals surface area contributed by atoms with E-state index in [1.54, 1.807) is 0 Å². The second kappa shape index (κ2) is 4.95. The Labute approximate surface area is 134 Å². The first kappa shape index (κ1) is 14.0. The number of allylic oxidation sites excluding steroid dienone is 1. The third-order valence-corrected chi connectivity index (χ3v) is 4.28. The summed E-state index contributed by atoms with van der Waals surface area (Å²) < 4.78 is 7.87. The average Bonchev–Trinajstić information content (AvgIpc) is 2.75. The van der Waals surface area contributed by atoms with Crippen molar-refractivity contribution in [2.45, 2.75) is 27.4 Å². The number of para-hydroxylation sites is 1. The van der Waals surface area contributed by atoms with Crippen LogP contribution in [0.2, 0.25) is 0 Å². The molecule has 1 aromatic carbocycles. The van der Waals surface area contributed by atoms with E-state index in [-0.39, 0.29) is 11.7 Å². The second-order valence-corrected chi connectivity index (χ2v) is 6.28. The summed E-state index contributed by atoms with van der Waals surface area (Å²) in [6.07, 6.45) is 1.99. The van der Waals surface area contributed by atoms with Gasteiger partial charge < -0.3 is 9.30 Å². The number of benzene rings is 1. The fourth-order valence-electron chi connectivity index (χ4n) is 3.16. The van der Waals surface area contributed by atoms with E-state index in [1.807, 2.05) is 45.2 Å². The summed E-state index contributed by atoms with van der Waals surface area (Å²) in [5.41, 5.74) is 3.47. The fraction of sp³-hybridized carbons (Fsp3) is 0.263. The van der Waals surface area contributed by atoms with Crippen LogP contribution in [0.4, 0.5) is 0 Å². The van der Waals surface area contributed by atoms with Crippen LogP contribution in [0.15, 0.2) is 36.1 Å². The normalized spacial score (nSPS) is 14.0. The van der Waals surface area contributed by atoms with Crippen molar-refractivity contribution in [2.24, 2.45) is 5.92 Å². The molecule has 116 valence electrons. The van der Waals surface area contributed by atoms with Gasteiger partial charge in [-0.2, -0.15) is 0 Å². The van der Waals surface area contributed by atoms with Crippen molar-refractivity contribution in [3.8, 4) is 0 Å². The Hall–Kier alpha value is -2.62. The predicted octanol–water partition coefficient (Wildman–Crippen LogP) is 4.38. The van der Waals surface area contributed by atoms with Crippen LogP contribution >= 0.6 is 0 Å². The SMILES string of the molecule is CC1=Cn2c3ccccc3c3cc(C(=O)C(C)C)nc(c32)CO1. The highest BCUT2D eigenvalue weighted by molar-refractivity contribution is 6.12. The zero-order valence-electron chi connectivity index (χ0n) is 13.5. The molecule has 1 aliphatic heterocycles. The van der Waals surface area contributed by atoms with E-state index in [2.05, 4.69) is 21.7 Å². The smallest absolute Gasteiger partial charge is 0.183 e. The predicted molar refractivity (Wildman–Crippen MR) is 91.1 cm³/mol. The van der Waals surface area contributed by atoms with E-state index < -0.39 is 0 Å². The van der Waals surface area contributed by atoms with Crippen LogP contribution in [0.5, 0.6) is 0 Å². The van der Waals surface area contributed by atoms with Gasteiger partial charge in [0.25, 0.3) is 0 Å². The van der Waals surface area contributed by atoms with Crippen molar-refractivity contribution < 1.29 is 9.53 Å². The van der Waals surface area contributed by atoms with Gasteiger partial charge in [0.05, 0.1) is 11.0 Å². The van der Waals surface area contributed by atoms with E-state index in [4.69, 9.17) is 4.74 Å². The van der Waals surface area contributed by atoms with Crippen LogP contribution in [0.25, 0.3) is 28.0 Å². The summed E-state index contributed by atoms with van der Waals surface area (Å²) in [7, 11) is 0. The van der Waals surface area contributed by atoms with Crippen molar-refractivity contribution in [1.29, 1.82) is 0 Å². The molecule has 4 rings (SSSR count). The average molecular weight is 306 g/mol. The van der Waals surface area contributed by atoms with Gasteiger partial charge in [0.2, 0.25) is 0 Å². The van der Waals surface area contributed by atoms with Gasteiger partial charge in [-0.25, -0.2) is 4.98 Å². The molecule has 0 atom stereocenters. The first-order valence-electron chi connectivity index (χ1n) is 7.84. The molecule has 0 radical (unpaired) electrons. The maximum absolute atomic E-state index is 12.4. The Morgan fingerprint density at radius 1 is 1.26 bits per heavy atom. The second-order valence-electron chi connectivity index (χ2n) is 6.28. The van der Waals surface area contributed by atoms with E-state index in [9.17, 15) is 4.79 Å². The molecule has 0 amide bonds. The zero-order valence-corrected chi connectivity index (χ0v) is 13.5. The number of Topliss-reactive ketones (excluding diaryl/α,β-unsaturated/α-hetero) is 1. The van der Waals surface area contributed by atoms with Gasteiger partial charge in [0.1, 0.15) is 23.8 Å². The van der Waals surface area contributed by atoms with E-state index in [1.165, 1.54) is 0 Å². The first-order valence-corrected chi connectivity index (χ1v) is 7.84. The molecule has 2 aromatic heterocycles. The molecule has 0 spiro atoms. The van der Waals surface area contributed by atoms with E-state index in [0.29, 0.717) is 12.3 Å². The Morgan fingerprint density at radius 3 is 2.83 bits per heavy atom. The van der Waals surface area contributed by atoms with Gasteiger partial charge >= 0.3 is 0 Å². The molecule has 0 fully saturated rings. The number of ether oxygens (including phenoxy) is 1. The van der Waals surface area contributed by atoms with Crippen molar-refractivity contribution >= 4 is 33.8 Å². The van der Waals surface area contributed by atoms with Crippen molar-refractivity contribution in [3.05, 3.63) is 47.5 Å². The van der Waals surface area contributed by atoms with Gasteiger partial charge in [-0.05, 0) is 19.1 Å². The highest BCUT2D eigenvalue weighted by atomic mass is 16.5. The van der Waals surface area contributed by atoms with Crippen molar-refractivity contribution in [2.75, 3.05) is 0 Å². The van der Waals surface area contributed by atoms with Gasteiger partial charge in [-0.15, -0.1) is 0 Å². The van der Waals surface area contributed by atoms with Gasteiger partial charge in [0.15, 0.2) is 5.78 Å². The number of nitrogens with zero attached hydrogens (tertiary/aromatic N) is 2. The van der Waals surface area contributed by atoms with Crippen LogP contribution in [-0.4, -0.2) is 15.3 Å². The zero-order chi connectivity index (χ0) is 16.1. The van der Waals surface area contributed by atoms with Crippen LogP contribution in [0, 0.1) is 5.92 Å². The Bertz CT molecular complexity index is 980. The lowest BCUT2D eigenvalue weighted by atomic mass is 10.0. The molecule has 0 aliphatic carbocycles. The Balaban J connectivity index is 2.14. The topological polar surface area (TPSA) is 44.1 Å². The molecular formula is C19H18N2O2. The molecule has 4 nitrogen and oxygen atoms in total. The molecule has 3 aromatic rings. The van der Waals surface area contributed by atoms with Crippen molar-refractivity contribution in [3.63, 3.8) is 0 Å². The highest BCUT2D eigenvalue weighted by Gasteiger charge is 2.21. The molecule has 0 unspecified atom stereocenters. The molecule has 0 saturated carbocycles. The summed E-state index contributed by atoms with van der Waals surface area (Å²) >= 11 is 0. The molecular weight excluding hydrogens is 288 g/mol. The van der Waals surface area contributed by atoms with Gasteiger partial charge in [0, 0.05) is 22.9 Å². The van der Waals surface area contributed by atoms with Gasteiger partial charge in [-0.3, -0.25) is 4.79 Å². The summed E-state index contributed by atoms with van der Waals surface area (Å²) in [6.45, 7) is 6.12. The standard InChI is InChI=1S/C19H18N2O2/c1-11(2)19(22)15-8-14-13-6-4-5-7-17(13)21-9-12(3)23-10-16(20-15)18(14)21/h4-9,11H,10H2,1-3H3. The molecule has 23 heavy (non-hydrogen) atoms. The highest BCUT2D eigenvalue weighted by Crippen LogP contribution is 2.34. The largest absolute Gasteiger partial charge is 0.490 e. The minimum atomic E-state index is -0.0768. The summed E-state index contributed by atoms with van der Waals surface area (Å²) in [5.74, 6) is 0.823. The number of ketones is 1. The van der Waals surface area contributed by atoms with Crippen molar-refractivity contribution in [1.82, 2.24) is 9.55 Å². The summed E-state index contributed by atoms with van der Waals surface area (Å²) in [5, 5.41) is 2.19. The first-order chi connectivity index (χ1) is 11.1. The monoisotopic (exact) mass is 306 g/mol. The van der Waals surface area contributed by atoms with E-state index >= 15 is 0 Å². The number of carbonyl (C=O) groups is 1. The molecule has 1 aliphatic rings. The summed E-state index contributed by atoms with van der Waals surface area (Å²) in [6, 6.07) is 10.1. The lowest BCUT2D eigenvalue weighted by molar-refractivity contribution is 0.0934. The number of pyridine rings is 1. The molecule has 4 heteroatoms. The van der Waals surface area contributed by atoms with Crippen LogP contribution < -0.4 is 0 Å². The molecule has 3 heterocycles. The molecule has 0 saturated heterocycles. The summed E-state index contributed by atoms with van der Waals surface area (Å²) in [4.78, 5) is 17.1. The maximum Gasteiger partial charge on any atom is 0.183 e. The van der Waals surface area contributed by atoms with Gasteiger partial charge in [-0.1, -0.05) is 32.0 Å². The van der Waals surface area contributed by atoms with Crippen LogP contribution in [0.3, 0.4) is 0 Å². The number of fused-ring (bicyclic) bond motifs is 3. The lowest BCUT2D eigenvalue weighted by Gasteiger charge is -2.08. The molecule has 0 bridgehead atoms. The number of hydrogen-bond donors (Lipinski definition) is 0. The number of aromatic nitrogens is 2. The number of carbonyl (C=O) groups excluding carboxylic acids is 1. The minimum Gasteiger partial charge on any atom is -0.490 e. The minimum absolute atomic E-state index is 0.0638. The van der Waals surface area contributed by atoms with Crippen LogP contribution in [-0.2, 0) is 11.3 Å². The quantitative estimate of drug-likeness (QED) is 0.660. The van der Waals surface area contributed by atoms with Crippen LogP contribution in [0.1, 0.15) is 37.0 Å². The number of hydrogen-bond acceptors (Lipinski definition) is 3.